The van der Waals surface area contributed by atoms with Crippen LogP contribution in [0.2, 0.25) is 0 Å². The number of nitrogens with zero attached hydrogens (tertiary/aromatic N) is 2. The lowest BCUT2D eigenvalue weighted by atomic mass is 10.0. The molecule has 0 heterocycles. The van der Waals surface area contributed by atoms with E-state index in [0.717, 1.165) is 43.9 Å². The molecule has 9 heteroatoms. The predicted molar refractivity (Wildman–Crippen MR) is 183 cm³/mol. The Kier molecular flexibility index (Phi) is 12.0. The molecule has 45 heavy (non-hydrogen) atoms. The van der Waals surface area contributed by atoms with Gasteiger partial charge in [0.05, 0.1) is 10.6 Å². The Balaban J connectivity index is 1.79. The van der Waals surface area contributed by atoms with Gasteiger partial charge in [0.25, 0.3) is 10.0 Å². The van der Waals surface area contributed by atoms with Crippen molar-refractivity contribution in [3.63, 3.8) is 0 Å². The van der Waals surface area contributed by atoms with Crippen molar-refractivity contribution >= 4 is 43.5 Å². The second kappa shape index (κ2) is 15.9. The number of carbonyl (C=O) groups is 2. The van der Waals surface area contributed by atoms with Gasteiger partial charge in [-0.1, -0.05) is 102 Å². The number of anilines is 1. The van der Waals surface area contributed by atoms with Gasteiger partial charge in [-0.3, -0.25) is 13.9 Å². The topological polar surface area (TPSA) is 86.8 Å². The van der Waals surface area contributed by atoms with Gasteiger partial charge in [0, 0.05) is 24.0 Å². The standard InChI is InChI=1S/C36H40BrN3O4S/c1-4-5-21-38-36(42)34(24-29-12-7-6-8-13-29)39(25-30-14-10-15-31(37)23-30)35(41)26-40(32-16-9-11-28(3)22-32)45(43,44)33-19-17-27(2)18-20-33/h6-20,22-23,34H,4-5,21,24-26H2,1-3H3,(H,38,42)/t34-/m0/s1. The molecule has 4 rings (SSSR count). The Labute approximate surface area is 275 Å². The summed E-state index contributed by atoms with van der Waals surface area (Å²) in [5.41, 5.74) is 3.85. The highest BCUT2D eigenvalue weighted by Crippen LogP contribution is 2.26. The Morgan fingerprint density at radius 3 is 2.18 bits per heavy atom. The summed E-state index contributed by atoms with van der Waals surface area (Å²) in [7, 11) is -4.14. The minimum atomic E-state index is -4.14. The van der Waals surface area contributed by atoms with Gasteiger partial charge in [-0.25, -0.2) is 8.42 Å². The zero-order chi connectivity index (χ0) is 32.4. The fourth-order valence-electron chi connectivity index (χ4n) is 5.04. The SMILES string of the molecule is CCCCNC(=O)[C@H](Cc1ccccc1)N(Cc1cccc(Br)c1)C(=O)CN(c1cccc(C)c1)S(=O)(=O)c1ccc(C)cc1. The maximum Gasteiger partial charge on any atom is 0.264 e. The zero-order valence-corrected chi connectivity index (χ0v) is 28.4. The smallest absolute Gasteiger partial charge is 0.264 e. The van der Waals surface area contributed by atoms with E-state index >= 15 is 0 Å². The molecule has 0 aliphatic rings. The van der Waals surface area contributed by atoms with E-state index in [0.29, 0.717) is 12.2 Å². The number of aryl methyl sites for hydroxylation is 2. The average Bonchev–Trinajstić information content (AvgIpc) is 3.02. The number of hydrogen-bond donors (Lipinski definition) is 1. The van der Waals surface area contributed by atoms with Gasteiger partial charge in [-0.2, -0.15) is 0 Å². The summed E-state index contributed by atoms with van der Waals surface area (Å²) in [5, 5.41) is 3.02. The van der Waals surface area contributed by atoms with E-state index in [1.807, 2.05) is 81.4 Å². The fraction of sp³-hybridized carbons (Fsp3) is 0.278. The molecule has 0 radical (unpaired) electrons. The largest absolute Gasteiger partial charge is 0.354 e. The fourth-order valence-corrected chi connectivity index (χ4v) is 6.89. The molecule has 236 valence electrons. The summed E-state index contributed by atoms with van der Waals surface area (Å²) >= 11 is 3.52. The van der Waals surface area contributed by atoms with Crippen molar-refractivity contribution in [3.8, 4) is 0 Å². The van der Waals surface area contributed by atoms with Gasteiger partial charge in [0.15, 0.2) is 0 Å². The molecule has 1 N–H and O–H groups in total. The highest BCUT2D eigenvalue weighted by molar-refractivity contribution is 9.10. The minimum Gasteiger partial charge on any atom is -0.354 e. The summed E-state index contributed by atoms with van der Waals surface area (Å²) in [6, 6.07) is 29.9. The number of rotatable bonds is 14. The van der Waals surface area contributed by atoms with Crippen molar-refractivity contribution in [1.29, 1.82) is 0 Å². The second-order valence-corrected chi connectivity index (χ2v) is 13.9. The molecule has 0 bridgehead atoms. The Morgan fingerprint density at radius 2 is 1.51 bits per heavy atom. The van der Waals surface area contributed by atoms with Crippen LogP contribution in [0, 0.1) is 13.8 Å². The molecular weight excluding hydrogens is 650 g/mol. The first-order chi connectivity index (χ1) is 21.6. The van der Waals surface area contributed by atoms with Crippen LogP contribution in [0.1, 0.15) is 42.0 Å². The van der Waals surface area contributed by atoms with Gasteiger partial charge in [0.2, 0.25) is 11.8 Å². The van der Waals surface area contributed by atoms with E-state index in [-0.39, 0.29) is 23.8 Å². The van der Waals surface area contributed by atoms with E-state index in [9.17, 15) is 18.0 Å². The molecule has 0 aliphatic heterocycles. The summed E-state index contributed by atoms with van der Waals surface area (Å²) in [6.07, 6.45) is 1.99. The molecular formula is C36H40BrN3O4S. The van der Waals surface area contributed by atoms with Crippen LogP contribution in [-0.2, 0) is 32.6 Å². The first-order valence-electron chi connectivity index (χ1n) is 15.1. The lowest BCUT2D eigenvalue weighted by Crippen LogP contribution is -2.53. The molecule has 2 amide bonds. The van der Waals surface area contributed by atoms with Gasteiger partial charge >= 0.3 is 0 Å². The Morgan fingerprint density at radius 1 is 0.822 bits per heavy atom. The van der Waals surface area contributed by atoms with E-state index in [1.54, 1.807) is 42.5 Å². The number of halogens is 1. The lowest BCUT2D eigenvalue weighted by Gasteiger charge is -2.34. The lowest BCUT2D eigenvalue weighted by molar-refractivity contribution is -0.140. The second-order valence-electron chi connectivity index (χ2n) is 11.2. The van der Waals surface area contributed by atoms with Crippen molar-refractivity contribution in [2.75, 3.05) is 17.4 Å². The number of sulfonamides is 1. The number of nitrogens with one attached hydrogen (secondary N) is 1. The predicted octanol–water partition coefficient (Wildman–Crippen LogP) is 6.82. The molecule has 0 aliphatic carbocycles. The zero-order valence-electron chi connectivity index (χ0n) is 25.9. The molecule has 0 spiro atoms. The molecule has 0 aromatic heterocycles. The first-order valence-corrected chi connectivity index (χ1v) is 17.3. The maximum absolute atomic E-state index is 14.5. The van der Waals surface area contributed by atoms with Crippen LogP contribution in [0.15, 0.2) is 112 Å². The van der Waals surface area contributed by atoms with Crippen molar-refractivity contribution < 1.29 is 18.0 Å². The maximum atomic E-state index is 14.5. The van der Waals surface area contributed by atoms with Gasteiger partial charge in [-0.15, -0.1) is 0 Å². The first kappa shape index (κ1) is 33.9. The molecule has 0 fully saturated rings. The van der Waals surface area contributed by atoms with Crippen LogP contribution >= 0.6 is 15.9 Å². The molecule has 1 atom stereocenters. The van der Waals surface area contributed by atoms with Crippen LogP contribution in [0.3, 0.4) is 0 Å². The van der Waals surface area contributed by atoms with Crippen molar-refractivity contribution in [3.05, 3.63) is 130 Å². The highest BCUT2D eigenvalue weighted by Gasteiger charge is 2.34. The Bertz CT molecular complexity index is 1700. The van der Waals surface area contributed by atoms with E-state index in [4.69, 9.17) is 0 Å². The number of benzene rings is 4. The molecule has 4 aromatic carbocycles. The van der Waals surface area contributed by atoms with Crippen molar-refractivity contribution in [2.45, 2.75) is 57.5 Å². The summed E-state index contributed by atoms with van der Waals surface area (Å²) in [6.45, 7) is 5.92. The average molecular weight is 691 g/mol. The number of hydrogen-bond acceptors (Lipinski definition) is 4. The third-order valence-corrected chi connectivity index (χ3v) is 9.80. The molecule has 7 nitrogen and oxygen atoms in total. The molecule has 4 aromatic rings. The van der Waals surface area contributed by atoms with Crippen LogP contribution < -0.4 is 9.62 Å². The van der Waals surface area contributed by atoms with E-state index in [2.05, 4.69) is 21.2 Å². The highest BCUT2D eigenvalue weighted by atomic mass is 79.9. The van der Waals surface area contributed by atoms with Crippen LogP contribution in [-0.4, -0.2) is 44.3 Å². The van der Waals surface area contributed by atoms with E-state index in [1.165, 1.54) is 4.90 Å². The normalized spacial score (nSPS) is 11.9. The summed E-state index contributed by atoms with van der Waals surface area (Å²) in [5.74, 6) is -0.766. The van der Waals surface area contributed by atoms with E-state index < -0.39 is 28.5 Å². The van der Waals surface area contributed by atoms with Gasteiger partial charge < -0.3 is 10.2 Å². The Hall–Kier alpha value is -3.95. The minimum absolute atomic E-state index is 0.0825. The number of unbranched alkanes of at least 4 members (excludes halogenated alkanes) is 1. The number of carbonyl (C=O) groups excluding carboxylic acids is 2. The summed E-state index contributed by atoms with van der Waals surface area (Å²) in [4.78, 5) is 30.0. The monoisotopic (exact) mass is 689 g/mol. The number of amides is 2. The molecule has 0 unspecified atom stereocenters. The van der Waals surface area contributed by atoms with Crippen LogP contribution in [0.5, 0.6) is 0 Å². The molecule has 0 saturated carbocycles. The van der Waals surface area contributed by atoms with Crippen molar-refractivity contribution in [2.24, 2.45) is 0 Å². The third kappa shape index (κ3) is 9.28. The van der Waals surface area contributed by atoms with Gasteiger partial charge in [0.1, 0.15) is 12.6 Å². The van der Waals surface area contributed by atoms with Crippen LogP contribution in [0.4, 0.5) is 5.69 Å². The third-order valence-electron chi connectivity index (χ3n) is 7.52. The van der Waals surface area contributed by atoms with Crippen LogP contribution in [0.25, 0.3) is 0 Å². The van der Waals surface area contributed by atoms with Crippen molar-refractivity contribution in [1.82, 2.24) is 10.2 Å². The quantitative estimate of drug-likeness (QED) is 0.147. The molecule has 0 saturated heterocycles. The van der Waals surface area contributed by atoms with Gasteiger partial charge in [-0.05, 0) is 73.4 Å². The summed E-state index contributed by atoms with van der Waals surface area (Å²) < 4.78 is 30.3.